The lowest BCUT2D eigenvalue weighted by Crippen LogP contribution is -2.35. The Labute approximate surface area is 165 Å². The number of carbonyl (C=O) groups is 2. The second-order valence-electron chi connectivity index (χ2n) is 6.85. The van der Waals surface area contributed by atoms with Crippen LogP contribution in [0, 0.1) is 0 Å². The molecule has 0 unspecified atom stereocenters. The molecular formula is C19H22F3N5O2. The normalized spacial score (nSPS) is 14.9. The van der Waals surface area contributed by atoms with Gasteiger partial charge in [0.1, 0.15) is 6.54 Å². The smallest absolute Gasteiger partial charge is 0.325 e. The summed E-state index contributed by atoms with van der Waals surface area (Å²) in [7, 11) is 0. The molecule has 7 nitrogen and oxygen atoms in total. The number of halogens is 3. The van der Waals surface area contributed by atoms with Crippen molar-refractivity contribution >= 4 is 23.3 Å². The Morgan fingerprint density at radius 1 is 0.931 bits per heavy atom. The minimum atomic E-state index is -4.55. The fourth-order valence-corrected chi connectivity index (χ4v) is 3.06. The second kappa shape index (κ2) is 8.97. The third-order valence-electron chi connectivity index (χ3n) is 4.55. The lowest BCUT2D eigenvalue weighted by Gasteiger charge is -2.20. The molecule has 3 rings (SSSR count). The number of hydrogen-bond acceptors (Lipinski definition) is 3. The van der Waals surface area contributed by atoms with Gasteiger partial charge in [-0.25, -0.2) is 4.79 Å². The Morgan fingerprint density at radius 3 is 2.07 bits per heavy atom. The molecular weight excluding hydrogens is 387 g/mol. The molecule has 1 aliphatic rings. The number of anilines is 2. The van der Waals surface area contributed by atoms with Gasteiger partial charge in [0.05, 0.1) is 0 Å². The van der Waals surface area contributed by atoms with Crippen molar-refractivity contribution < 1.29 is 22.8 Å². The van der Waals surface area contributed by atoms with Crippen LogP contribution in [0.3, 0.4) is 0 Å². The zero-order valence-electron chi connectivity index (χ0n) is 15.7. The summed E-state index contributed by atoms with van der Waals surface area (Å²) in [6, 6.07) is 7.19. The van der Waals surface area contributed by atoms with E-state index in [9.17, 15) is 22.8 Å². The van der Waals surface area contributed by atoms with Crippen LogP contribution >= 0.6 is 0 Å². The number of urea groups is 1. The minimum absolute atomic E-state index is 0.150. The molecule has 2 N–H and O–H groups in total. The molecule has 3 amide bonds. The number of alkyl halides is 3. The zero-order chi connectivity index (χ0) is 20.9. The van der Waals surface area contributed by atoms with Crippen LogP contribution in [-0.4, -0.2) is 39.7 Å². The minimum Gasteiger partial charge on any atom is -0.325 e. The van der Waals surface area contributed by atoms with E-state index in [0.29, 0.717) is 11.4 Å². The number of aromatic nitrogens is 2. The maximum absolute atomic E-state index is 12.5. The van der Waals surface area contributed by atoms with E-state index in [1.165, 1.54) is 0 Å². The average Bonchev–Trinajstić information content (AvgIpc) is 2.97. The molecule has 2 heterocycles. The Balaban J connectivity index is 1.51. The van der Waals surface area contributed by atoms with E-state index >= 15 is 0 Å². The summed E-state index contributed by atoms with van der Waals surface area (Å²) in [5.74, 6) is -0.511. The highest BCUT2D eigenvalue weighted by Crippen LogP contribution is 2.27. The number of likely N-dealkylation sites (tertiary alicyclic amines) is 1. The third-order valence-corrected chi connectivity index (χ3v) is 4.55. The molecule has 0 bridgehead atoms. The van der Waals surface area contributed by atoms with Gasteiger partial charge in [-0.1, -0.05) is 12.8 Å². The molecule has 0 aliphatic carbocycles. The molecule has 0 radical (unpaired) electrons. The molecule has 1 aromatic carbocycles. The van der Waals surface area contributed by atoms with Gasteiger partial charge in [0.15, 0.2) is 5.69 Å². The summed E-state index contributed by atoms with van der Waals surface area (Å²) >= 11 is 0. The summed E-state index contributed by atoms with van der Waals surface area (Å²) in [5, 5.41) is 8.76. The van der Waals surface area contributed by atoms with Gasteiger partial charge in [-0.3, -0.25) is 9.48 Å². The van der Waals surface area contributed by atoms with Crippen molar-refractivity contribution in [3.63, 3.8) is 0 Å². The van der Waals surface area contributed by atoms with E-state index in [4.69, 9.17) is 0 Å². The van der Waals surface area contributed by atoms with E-state index < -0.39 is 17.8 Å². The highest BCUT2D eigenvalue weighted by Gasteiger charge is 2.33. The Bertz CT molecular complexity index is 840. The van der Waals surface area contributed by atoms with Crippen LogP contribution in [0.5, 0.6) is 0 Å². The van der Waals surface area contributed by atoms with Gasteiger partial charge in [0, 0.05) is 30.7 Å². The fourth-order valence-electron chi connectivity index (χ4n) is 3.06. The quantitative estimate of drug-likeness (QED) is 0.803. The first-order valence-corrected chi connectivity index (χ1v) is 9.38. The average molecular weight is 409 g/mol. The molecule has 29 heavy (non-hydrogen) atoms. The van der Waals surface area contributed by atoms with Crippen molar-refractivity contribution in [2.45, 2.75) is 38.4 Å². The van der Waals surface area contributed by atoms with Gasteiger partial charge < -0.3 is 15.5 Å². The van der Waals surface area contributed by atoms with Crippen molar-refractivity contribution in [2.75, 3.05) is 23.7 Å². The largest absolute Gasteiger partial charge is 0.435 e. The molecule has 1 fully saturated rings. The molecule has 2 aromatic rings. The maximum atomic E-state index is 12.5. The molecule has 10 heteroatoms. The first-order valence-electron chi connectivity index (χ1n) is 9.38. The molecule has 0 atom stereocenters. The van der Waals surface area contributed by atoms with Crippen molar-refractivity contribution in [1.82, 2.24) is 14.7 Å². The molecule has 0 spiro atoms. The van der Waals surface area contributed by atoms with Gasteiger partial charge >= 0.3 is 12.2 Å². The molecule has 0 saturated carbocycles. The van der Waals surface area contributed by atoms with E-state index in [1.807, 2.05) is 0 Å². The van der Waals surface area contributed by atoms with Crippen LogP contribution in [0.15, 0.2) is 36.5 Å². The van der Waals surface area contributed by atoms with Gasteiger partial charge in [0.25, 0.3) is 0 Å². The number of amides is 3. The Hall–Kier alpha value is -3.04. The number of nitrogens with zero attached hydrogens (tertiary/aromatic N) is 3. The first-order chi connectivity index (χ1) is 13.8. The zero-order valence-corrected chi connectivity index (χ0v) is 15.7. The SMILES string of the molecule is O=C(Cn1ccc(C(F)(F)F)n1)Nc1ccc(NC(=O)N2CCCCCC2)cc1. The van der Waals surface area contributed by atoms with Gasteiger partial charge in [-0.05, 0) is 43.2 Å². The summed E-state index contributed by atoms with van der Waals surface area (Å²) < 4.78 is 38.6. The summed E-state index contributed by atoms with van der Waals surface area (Å²) in [4.78, 5) is 26.1. The Morgan fingerprint density at radius 2 is 1.52 bits per heavy atom. The van der Waals surface area contributed by atoms with Gasteiger partial charge in [0.2, 0.25) is 5.91 Å². The van der Waals surface area contributed by atoms with Crippen molar-refractivity contribution in [3.8, 4) is 0 Å². The van der Waals surface area contributed by atoms with E-state index in [-0.39, 0.29) is 12.6 Å². The lowest BCUT2D eigenvalue weighted by molar-refractivity contribution is -0.141. The molecule has 1 saturated heterocycles. The van der Waals surface area contributed by atoms with Crippen LogP contribution in [0.25, 0.3) is 0 Å². The number of rotatable bonds is 4. The fraction of sp³-hybridized carbons (Fsp3) is 0.421. The molecule has 156 valence electrons. The summed E-state index contributed by atoms with van der Waals surface area (Å²) in [6.45, 7) is 1.14. The van der Waals surface area contributed by atoms with Crippen molar-refractivity contribution in [3.05, 3.63) is 42.2 Å². The van der Waals surface area contributed by atoms with Gasteiger partial charge in [-0.15, -0.1) is 0 Å². The first kappa shape index (κ1) is 20.7. The number of hydrogen-bond donors (Lipinski definition) is 2. The monoisotopic (exact) mass is 409 g/mol. The van der Waals surface area contributed by atoms with Gasteiger partial charge in [-0.2, -0.15) is 18.3 Å². The topological polar surface area (TPSA) is 79.3 Å². The van der Waals surface area contributed by atoms with Crippen LogP contribution in [-0.2, 0) is 17.5 Å². The predicted octanol–water partition coefficient (Wildman–Crippen LogP) is 3.95. The number of benzene rings is 1. The summed E-state index contributed by atoms with van der Waals surface area (Å²) in [5.41, 5.74) is 0.0138. The van der Waals surface area contributed by atoms with E-state index in [2.05, 4.69) is 15.7 Å². The van der Waals surface area contributed by atoms with Crippen molar-refractivity contribution in [2.24, 2.45) is 0 Å². The van der Waals surface area contributed by atoms with Crippen LogP contribution < -0.4 is 10.6 Å². The second-order valence-corrected chi connectivity index (χ2v) is 6.85. The highest BCUT2D eigenvalue weighted by atomic mass is 19.4. The maximum Gasteiger partial charge on any atom is 0.435 e. The Kier molecular flexibility index (Phi) is 6.40. The third kappa shape index (κ3) is 5.97. The highest BCUT2D eigenvalue weighted by molar-refractivity contribution is 5.92. The predicted molar refractivity (Wildman–Crippen MR) is 101 cm³/mol. The van der Waals surface area contributed by atoms with E-state index in [0.717, 1.165) is 55.7 Å². The van der Waals surface area contributed by atoms with Crippen LogP contribution in [0.2, 0.25) is 0 Å². The van der Waals surface area contributed by atoms with Crippen LogP contribution in [0.1, 0.15) is 31.4 Å². The lowest BCUT2D eigenvalue weighted by atomic mass is 10.2. The van der Waals surface area contributed by atoms with Crippen molar-refractivity contribution in [1.29, 1.82) is 0 Å². The van der Waals surface area contributed by atoms with E-state index in [1.54, 1.807) is 29.2 Å². The standard InChI is InChI=1S/C19H22F3N5O2/c20-19(21,22)16-9-12-27(25-16)13-17(28)23-14-5-7-15(8-6-14)24-18(29)26-10-3-1-2-4-11-26/h5-9,12H,1-4,10-11,13H2,(H,23,28)(H,24,29). The number of nitrogens with one attached hydrogen (secondary N) is 2. The summed E-state index contributed by atoms with van der Waals surface area (Å²) in [6.07, 6.45) is 0.819. The molecule has 1 aliphatic heterocycles. The van der Waals surface area contributed by atoms with Crippen LogP contribution in [0.4, 0.5) is 29.3 Å². The number of carbonyl (C=O) groups excluding carboxylic acids is 2. The molecule has 1 aromatic heterocycles.